The van der Waals surface area contributed by atoms with Gasteiger partial charge in [-0.3, -0.25) is 4.79 Å². The molecule has 1 atom stereocenters. The summed E-state index contributed by atoms with van der Waals surface area (Å²) in [5, 5.41) is 18.3. The summed E-state index contributed by atoms with van der Waals surface area (Å²) < 4.78 is 36.0. The molecule has 0 saturated heterocycles. The summed E-state index contributed by atoms with van der Waals surface area (Å²) in [6.07, 6.45) is 0. The SMILES string of the molecule is [2H][13C]([2H])([2H])C(C(=O)O)c1ccc(-c2ccc(O)cc2)c(F)c1. The van der Waals surface area contributed by atoms with Crippen LogP contribution in [0.25, 0.3) is 11.1 Å². The van der Waals surface area contributed by atoms with Crippen LogP contribution in [0.3, 0.4) is 0 Å². The first-order chi connectivity index (χ1) is 10.2. The van der Waals surface area contributed by atoms with E-state index in [1.165, 1.54) is 36.4 Å². The molecule has 0 saturated carbocycles. The summed E-state index contributed by atoms with van der Waals surface area (Å²) in [6, 6.07) is 9.34. The van der Waals surface area contributed by atoms with Gasteiger partial charge in [-0.1, -0.05) is 24.3 Å². The van der Waals surface area contributed by atoms with Crippen molar-refractivity contribution in [1.29, 1.82) is 0 Å². The molecule has 4 heteroatoms. The molecule has 0 bridgehead atoms. The van der Waals surface area contributed by atoms with Crippen LogP contribution >= 0.6 is 0 Å². The molecule has 0 fully saturated rings. The second-order valence-corrected chi connectivity index (χ2v) is 4.06. The molecule has 2 N–H and O–H groups in total. The minimum absolute atomic E-state index is 0.0362. The van der Waals surface area contributed by atoms with Crippen LogP contribution in [-0.2, 0) is 4.79 Å². The molecule has 0 heterocycles. The Hall–Kier alpha value is -2.36. The first kappa shape index (κ1) is 9.55. The van der Waals surface area contributed by atoms with Gasteiger partial charge in [-0.15, -0.1) is 0 Å². The van der Waals surface area contributed by atoms with Crippen molar-refractivity contribution in [3.63, 3.8) is 0 Å². The van der Waals surface area contributed by atoms with Crippen molar-refractivity contribution in [2.45, 2.75) is 12.8 Å². The van der Waals surface area contributed by atoms with Gasteiger partial charge < -0.3 is 10.2 Å². The third-order valence-corrected chi connectivity index (χ3v) is 2.75. The van der Waals surface area contributed by atoms with Crippen LogP contribution in [-0.4, -0.2) is 16.2 Å². The number of carboxylic acid groups (broad SMARTS) is 1. The molecule has 98 valence electrons. The smallest absolute Gasteiger partial charge is 0.310 e. The van der Waals surface area contributed by atoms with Crippen molar-refractivity contribution < 1.29 is 23.5 Å². The van der Waals surface area contributed by atoms with Crippen LogP contribution in [0.15, 0.2) is 42.5 Å². The lowest BCUT2D eigenvalue weighted by molar-refractivity contribution is -0.138. The molecule has 0 aliphatic heterocycles. The van der Waals surface area contributed by atoms with Gasteiger partial charge in [0.15, 0.2) is 0 Å². The van der Waals surface area contributed by atoms with E-state index in [1.807, 2.05) is 0 Å². The van der Waals surface area contributed by atoms with Crippen LogP contribution in [0.2, 0.25) is 0 Å². The summed E-state index contributed by atoms with van der Waals surface area (Å²) >= 11 is 0. The minimum Gasteiger partial charge on any atom is -0.508 e. The third-order valence-electron chi connectivity index (χ3n) is 2.75. The van der Waals surface area contributed by atoms with E-state index in [9.17, 15) is 14.3 Å². The number of phenolic OH excluding ortho intramolecular Hbond substituents is 1. The number of hydrogen-bond donors (Lipinski definition) is 2. The van der Waals surface area contributed by atoms with Crippen LogP contribution in [0.5, 0.6) is 5.75 Å². The lowest BCUT2D eigenvalue weighted by Crippen LogP contribution is -2.07. The second-order valence-electron chi connectivity index (χ2n) is 4.06. The molecule has 0 aliphatic carbocycles. The summed E-state index contributed by atoms with van der Waals surface area (Å²) in [6.45, 7) is -2.77. The molecule has 0 spiro atoms. The fraction of sp³-hybridized carbons (Fsp3) is 0.133. The molecular weight excluding hydrogens is 248 g/mol. The van der Waals surface area contributed by atoms with Crippen molar-refractivity contribution in [2.75, 3.05) is 0 Å². The zero-order chi connectivity index (χ0) is 16.5. The van der Waals surface area contributed by atoms with Crippen molar-refractivity contribution >= 4 is 5.97 Å². The Morgan fingerprint density at radius 1 is 1.26 bits per heavy atom. The number of rotatable bonds is 3. The van der Waals surface area contributed by atoms with Crippen molar-refractivity contribution in [3.8, 4) is 16.9 Å². The van der Waals surface area contributed by atoms with E-state index >= 15 is 0 Å². The number of carboxylic acids is 1. The Morgan fingerprint density at radius 2 is 1.95 bits per heavy atom. The van der Waals surface area contributed by atoms with E-state index in [2.05, 4.69) is 0 Å². The molecule has 2 aromatic carbocycles. The number of aromatic hydroxyl groups is 1. The maximum Gasteiger partial charge on any atom is 0.310 e. The average molecular weight is 264 g/mol. The fourth-order valence-electron chi connectivity index (χ4n) is 1.73. The molecule has 1 unspecified atom stereocenters. The predicted octanol–water partition coefficient (Wildman–Crippen LogP) is 3.39. The summed E-state index contributed by atoms with van der Waals surface area (Å²) in [5.74, 6) is -4.00. The van der Waals surface area contributed by atoms with E-state index < -0.39 is 24.6 Å². The molecule has 0 aliphatic rings. The molecule has 2 aromatic rings. The standard InChI is InChI=1S/C15H13FO3/c1-9(15(18)19)11-4-7-13(14(16)8-11)10-2-5-12(17)6-3-10/h2-9,17H,1H3,(H,18,19)/i1+1D3. The Balaban J connectivity index is 2.45. The Kier molecular flexibility index (Phi) is 2.56. The van der Waals surface area contributed by atoms with Gasteiger partial charge in [0.25, 0.3) is 0 Å². The highest BCUT2D eigenvalue weighted by atomic mass is 19.1. The second kappa shape index (κ2) is 5.10. The highest BCUT2D eigenvalue weighted by Crippen LogP contribution is 2.27. The van der Waals surface area contributed by atoms with Crippen molar-refractivity contribution in [3.05, 3.63) is 53.8 Å². The predicted molar refractivity (Wildman–Crippen MR) is 69.6 cm³/mol. The van der Waals surface area contributed by atoms with Gasteiger partial charge in [0.2, 0.25) is 0 Å². The largest absolute Gasteiger partial charge is 0.508 e. The quantitative estimate of drug-likeness (QED) is 0.835. The minimum atomic E-state index is -2.77. The maximum atomic E-state index is 14.2. The van der Waals surface area contributed by atoms with E-state index in [0.29, 0.717) is 5.56 Å². The monoisotopic (exact) mass is 264 g/mol. The molecule has 3 nitrogen and oxygen atoms in total. The van der Waals surface area contributed by atoms with Gasteiger partial charge >= 0.3 is 5.97 Å². The van der Waals surface area contributed by atoms with E-state index in [-0.39, 0.29) is 16.9 Å². The highest BCUT2D eigenvalue weighted by Gasteiger charge is 2.15. The summed E-state index contributed by atoms with van der Waals surface area (Å²) in [4.78, 5) is 11.1. The van der Waals surface area contributed by atoms with E-state index in [0.717, 1.165) is 6.07 Å². The molecular formula is C15H13FO3. The Bertz CT molecular complexity index is 696. The van der Waals surface area contributed by atoms with E-state index in [4.69, 9.17) is 9.22 Å². The van der Waals surface area contributed by atoms with Crippen LogP contribution in [0, 0.1) is 5.82 Å². The number of benzene rings is 2. The normalized spacial score (nSPS) is 15.1. The Morgan fingerprint density at radius 3 is 2.47 bits per heavy atom. The first-order valence-electron chi connectivity index (χ1n) is 7.02. The number of hydrogen-bond acceptors (Lipinski definition) is 2. The topological polar surface area (TPSA) is 57.5 Å². The first-order valence-corrected chi connectivity index (χ1v) is 5.52. The van der Waals surface area contributed by atoms with Gasteiger partial charge in [-0.2, -0.15) is 0 Å². The van der Waals surface area contributed by atoms with Gasteiger partial charge in [0.1, 0.15) is 11.6 Å². The zero-order valence-electron chi connectivity index (χ0n) is 12.8. The number of phenols is 1. The maximum absolute atomic E-state index is 14.2. The fourth-order valence-corrected chi connectivity index (χ4v) is 1.73. The lowest BCUT2D eigenvalue weighted by atomic mass is 9.99. The molecule has 0 aromatic heterocycles. The van der Waals surface area contributed by atoms with Gasteiger partial charge in [-0.25, -0.2) is 4.39 Å². The van der Waals surface area contributed by atoms with Gasteiger partial charge in [0.05, 0.1) is 5.92 Å². The van der Waals surface area contributed by atoms with E-state index in [1.54, 1.807) is 0 Å². The molecule has 0 radical (unpaired) electrons. The van der Waals surface area contributed by atoms with Crippen LogP contribution in [0.4, 0.5) is 4.39 Å². The highest BCUT2D eigenvalue weighted by molar-refractivity contribution is 5.76. The van der Waals surface area contributed by atoms with Crippen LogP contribution in [0.1, 0.15) is 22.4 Å². The van der Waals surface area contributed by atoms with Gasteiger partial charge in [0, 0.05) is 9.68 Å². The van der Waals surface area contributed by atoms with Crippen molar-refractivity contribution in [1.82, 2.24) is 0 Å². The summed E-state index contributed by atoms with van der Waals surface area (Å²) in [5.41, 5.74) is 0.563. The molecule has 19 heavy (non-hydrogen) atoms. The third kappa shape index (κ3) is 2.73. The number of aliphatic carboxylic acids is 1. The lowest BCUT2D eigenvalue weighted by Gasteiger charge is -2.09. The molecule has 0 amide bonds. The van der Waals surface area contributed by atoms with Gasteiger partial charge in [-0.05, 0) is 36.2 Å². The average Bonchev–Trinajstić information content (AvgIpc) is 2.38. The Labute approximate surface area is 114 Å². The van der Waals surface area contributed by atoms with Crippen molar-refractivity contribution in [2.24, 2.45) is 0 Å². The number of carbonyl (C=O) groups is 1. The molecule has 2 rings (SSSR count). The summed E-state index contributed by atoms with van der Waals surface area (Å²) in [7, 11) is 0. The zero-order valence-corrected chi connectivity index (χ0v) is 9.80. The number of halogens is 1. The van der Waals surface area contributed by atoms with Crippen LogP contribution < -0.4 is 0 Å².